The van der Waals surface area contributed by atoms with Crippen LogP contribution in [0.25, 0.3) is 0 Å². The van der Waals surface area contributed by atoms with E-state index in [0.717, 1.165) is 12.3 Å². The molecule has 2 N–H and O–H groups in total. The monoisotopic (exact) mass is 338 g/mol. The van der Waals surface area contributed by atoms with Crippen LogP contribution < -0.4 is 10.6 Å². The van der Waals surface area contributed by atoms with Crippen molar-refractivity contribution in [3.8, 4) is 0 Å². The lowest BCUT2D eigenvalue weighted by Gasteiger charge is -2.13. The number of alkyl halides is 3. The van der Waals surface area contributed by atoms with Gasteiger partial charge in [0.1, 0.15) is 9.84 Å². The first-order chi connectivity index (χ1) is 9.99. The summed E-state index contributed by atoms with van der Waals surface area (Å²) in [5, 5.41) is 4.66. The summed E-state index contributed by atoms with van der Waals surface area (Å²) < 4.78 is 60.0. The van der Waals surface area contributed by atoms with Gasteiger partial charge in [0.2, 0.25) is 0 Å². The second-order valence-corrected chi connectivity index (χ2v) is 7.15. The summed E-state index contributed by atoms with van der Waals surface area (Å²) in [6, 6.07) is 2.79. The number of sulfone groups is 1. The Kier molecular flexibility index (Phi) is 5.81. The number of hydrogen-bond donors (Lipinski definition) is 2. The molecular weight excluding hydrogens is 321 g/mol. The van der Waals surface area contributed by atoms with E-state index in [4.69, 9.17) is 0 Å². The number of nitrogens with one attached hydrogen (secondary N) is 2. The van der Waals surface area contributed by atoms with E-state index in [0.29, 0.717) is 0 Å². The van der Waals surface area contributed by atoms with Gasteiger partial charge in [0, 0.05) is 18.5 Å². The minimum Gasteiger partial charge on any atom is -0.338 e. The van der Waals surface area contributed by atoms with Gasteiger partial charge in [0.15, 0.2) is 0 Å². The van der Waals surface area contributed by atoms with Crippen molar-refractivity contribution in [2.45, 2.75) is 19.5 Å². The molecule has 0 aliphatic heterocycles. The summed E-state index contributed by atoms with van der Waals surface area (Å²) in [6.45, 7) is 1.44. The van der Waals surface area contributed by atoms with Crippen LogP contribution in [0.2, 0.25) is 0 Å². The SMILES string of the molecule is Cc1ccc(NC(=O)NCCCS(C)(=O)=O)cc1C(F)(F)F. The molecule has 0 atom stereocenters. The van der Waals surface area contributed by atoms with E-state index in [1.54, 1.807) is 0 Å². The van der Waals surface area contributed by atoms with Gasteiger partial charge in [-0.25, -0.2) is 13.2 Å². The van der Waals surface area contributed by atoms with Gasteiger partial charge in [0.05, 0.1) is 11.3 Å². The molecule has 1 rings (SSSR count). The van der Waals surface area contributed by atoms with Crippen molar-refractivity contribution in [1.29, 1.82) is 0 Å². The van der Waals surface area contributed by atoms with Crippen LogP contribution in [0.4, 0.5) is 23.7 Å². The average molecular weight is 338 g/mol. The van der Waals surface area contributed by atoms with Crippen LogP contribution in [0.15, 0.2) is 18.2 Å². The number of carbonyl (C=O) groups is 1. The molecule has 0 radical (unpaired) electrons. The first-order valence-corrected chi connectivity index (χ1v) is 8.45. The average Bonchev–Trinajstić information content (AvgIpc) is 2.34. The lowest BCUT2D eigenvalue weighted by molar-refractivity contribution is -0.138. The van der Waals surface area contributed by atoms with E-state index in [9.17, 15) is 26.4 Å². The van der Waals surface area contributed by atoms with Crippen LogP contribution >= 0.6 is 0 Å². The number of halogens is 3. The molecule has 0 saturated carbocycles. The van der Waals surface area contributed by atoms with Gasteiger partial charge < -0.3 is 10.6 Å². The zero-order valence-electron chi connectivity index (χ0n) is 12.1. The number of benzene rings is 1. The third kappa shape index (κ3) is 6.33. The third-order valence-corrected chi connectivity index (χ3v) is 3.81. The van der Waals surface area contributed by atoms with E-state index in [1.807, 2.05) is 0 Å². The van der Waals surface area contributed by atoms with Crippen molar-refractivity contribution in [2.75, 3.05) is 23.9 Å². The zero-order chi connectivity index (χ0) is 17.0. The summed E-state index contributed by atoms with van der Waals surface area (Å²) in [7, 11) is -3.10. The molecule has 0 aliphatic rings. The van der Waals surface area contributed by atoms with Crippen LogP contribution in [-0.2, 0) is 16.0 Å². The molecule has 0 aromatic heterocycles. The van der Waals surface area contributed by atoms with Crippen LogP contribution in [0.3, 0.4) is 0 Å². The first kappa shape index (κ1) is 18.3. The largest absolute Gasteiger partial charge is 0.416 e. The van der Waals surface area contributed by atoms with Gasteiger partial charge in [-0.2, -0.15) is 13.2 Å². The standard InChI is InChI=1S/C13H17F3N2O3S/c1-9-4-5-10(8-11(9)13(14,15)16)18-12(19)17-6-3-7-22(2,20)21/h4-5,8H,3,6-7H2,1-2H3,(H2,17,18,19). The Hall–Kier alpha value is -1.77. The van der Waals surface area contributed by atoms with E-state index in [1.165, 1.54) is 19.1 Å². The quantitative estimate of drug-likeness (QED) is 0.810. The van der Waals surface area contributed by atoms with Crippen molar-refractivity contribution in [3.05, 3.63) is 29.3 Å². The van der Waals surface area contributed by atoms with Crippen LogP contribution in [0.5, 0.6) is 0 Å². The van der Waals surface area contributed by atoms with Crippen molar-refractivity contribution >= 4 is 21.6 Å². The minimum absolute atomic E-state index is 0.0125. The van der Waals surface area contributed by atoms with E-state index in [2.05, 4.69) is 10.6 Å². The fourth-order valence-corrected chi connectivity index (χ4v) is 2.39. The molecule has 124 valence electrons. The molecule has 0 heterocycles. The highest BCUT2D eigenvalue weighted by atomic mass is 32.2. The number of aryl methyl sites for hydroxylation is 1. The number of carbonyl (C=O) groups excluding carboxylic acids is 1. The summed E-state index contributed by atoms with van der Waals surface area (Å²) >= 11 is 0. The molecule has 0 aliphatic carbocycles. The predicted molar refractivity (Wildman–Crippen MR) is 77.5 cm³/mol. The van der Waals surface area contributed by atoms with Gasteiger partial charge in [-0.3, -0.25) is 0 Å². The highest BCUT2D eigenvalue weighted by molar-refractivity contribution is 7.90. The molecule has 0 saturated heterocycles. The fourth-order valence-electron chi connectivity index (χ4n) is 1.72. The third-order valence-electron chi connectivity index (χ3n) is 2.78. The highest BCUT2D eigenvalue weighted by Gasteiger charge is 2.32. The Morgan fingerprint density at radius 3 is 2.45 bits per heavy atom. The van der Waals surface area contributed by atoms with Crippen molar-refractivity contribution in [3.63, 3.8) is 0 Å². The summed E-state index contributed by atoms with van der Waals surface area (Å²) in [5.74, 6) is -0.0734. The zero-order valence-corrected chi connectivity index (χ0v) is 12.9. The number of amides is 2. The Morgan fingerprint density at radius 2 is 1.91 bits per heavy atom. The second kappa shape index (κ2) is 6.99. The van der Waals surface area contributed by atoms with E-state index < -0.39 is 27.6 Å². The highest BCUT2D eigenvalue weighted by Crippen LogP contribution is 2.33. The minimum atomic E-state index is -4.49. The Labute approximate surface area is 126 Å². The molecule has 0 unspecified atom stereocenters. The molecule has 1 aromatic rings. The smallest absolute Gasteiger partial charge is 0.338 e. The molecular formula is C13H17F3N2O3S. The topological polar surface area (TPSA) is 75.3 Å². The number of rotatable bonds is 5. The van der Waals surface area contributed by atoms with Gasteiger partial charge in [-0.15, -0.1) is 0 Å². The van der Waals surface area contributed by atoms with Crippen LogP contribution in [-0.4, -0.2) is 33.0 Å². The predicted octanol–water partition coefficient (Wildman–Crippen LogP) is 2.57. The van der Waals surface area contributed by atoms with E-state index in [-0.39, 0.29) is 30.0 Å². The fraction of sp³-hybridized carbons (Fsp3) is 0.462. The van der Waals surface area contributed by atoms with Crippen LogP contribution in [0, 0.1) is 6.92 Å². The number of hydrogen-bond acceptors (Lipinski definition) is 3. The maximum atomic E-state index is 12.7. The van der Waals surface area contributed by atoms with Crippen molar-refractivity contribution < 1.29 is 26.4 Å². The van der Waals surface area contributed by atoms with Gasteiger partial charge in [0.25, 0.3) is 0 Å². The Bertz CT molecular complexity index is 642. The van der Waals surface area contributed by atoms with Crippen LogP contribution in [0.1, 0.15) is 17.5 Å². The van der Waals surface area contributed by atoms with E-state index >= 15 is 0 Å². The van der Waals surface area contributed by atoms with Gasteiger partial charge in [-0.1, -0.05) is 6.07 Å². The molecule has 22 heavy (non-hydrogen) atoms. The Morgan fingerprint density at radius 1 is 1.27 bits per heavy atom. The molecule has 0 spiro atoms. The molecule has 5 nitrogen and oxygen atoms in total. The van der Waals surface area contributed by atoms with Gasteiger partial charge >= 0.3 is 12.2 Å². The second-order valence-electron chi connectivity index (χ2n) is 4.89. The first-order valence-electron chi connectivity index (χ1n) is 6.39. The molecule has 9 heteroatoms. The molecule has 0 bridgehead atoms. The maximum Gasteiger partial charge on any atom is 0.416 e. The van der Waals surface area contributed by atoms with Crippen molar-refractivity contribution in [1.82, 2.24) is 5.32 Å². The number of urea groups is 1. The normalized spacial score (nSPS) is 12.0. The lowest BCUT2D eigenvalue weighted by atomic mass is 10.1. The van der Waals surface area contributed by atoms with Gasteiger partial charge in [-0.05, 0) is 31.0 Å². The molecule has 1 aromatic carbocycles. The summed E-state index contributed by atoms with van der Waals surface area (Å²) in [4.78, 5) is 11.5. The molecule has 2 amide bonds. The summed E-state index contributed by atoms with van der Waals surface area (Å²) in [5.41, 5.74) is -0.743. The molecule has 0 fully saturated rings. The maximum absolute atomic E-state index is 12.7. The number of anilines is 1. The Balaban J connectivity index is 2.58. The summed E-state index contributed by atoms with van der Waals surface area (Å²) in [6.07, 6.45) is -3.18. The van der Waals surface area contributed by atoms with Crippen molar-refractivity contribution in [2.24, 2.45) is 0 Å². The lowest BCUT2D eigenvalue weighted by Crippen LogP contribution is -2.30.